The van der Waals surface area contributed by atoms with E-state index in [2.05, 4.69) is 15.9 Å². The van der Waals surface area contributed by atoms with Crippen LogP contribution in [0.25, 0.3) is 0 Å². The van der Waals surface area contributed by atoms with Crippen molar-refractivity contribution >= 4 is 15.9 Å². The first-order valence-corrected chi connectivity index (χ1v) is 5.42. The summed E-state index contributed by atoms with van der Waals surface area (Å²) in [5.74, 6) is 0.542. The highest BCUT2D eigenvalue weighted by Crippen LogP contribution is 2.30. The number of benzene rings is 1. The Hall–Kier alpha value is -1.06. The van der Waals surface area contributed by atoms with Gasteiger partial charge in [0.05, 0.1) is 6.26 Å². The van der Waals surface area contributed by atoms with Crippen molar-refractivity contribution in [3.8, 4) is 0 Å². The molecule has 1 aromatic carbocycles. The summed E-state index contributed by atoms with van der Waals surface area (Å²) in [6.07, 6.45) is 1.56. The lowest BCUT2D eigenvalue weighted by atomic mass is 9.94. The van der Waals surface area contributed by atoms with Crippen LogP contribution >= 0.6 is 15.9 Å². The molecule has 0 saturated carbocycles. The summed E-state index contributed by atoms with van der Waals surface area (Å²) in [5.41, 5.74) is -0.292. The highest BCUT2D eigenvalue weighted by Gasteiger charge is 2.28. The van der Waals surface area contributed by atoms with Gasteiger partial charge in [-0.1, -0.05) is 28.1 Å². The summed E-state index contributed by atoms with van der Waals surface area (Å²) >= 11 is 3.38. The van der Waals surface area contributed by atoms with E-state index in [1.54, 1.807) is 25.3 Å². The molecule has 78 valence electrons. The van der Waals surface area contributed by atoms with Gasteiger partial charge in [-0.2, -0.15) is 0 Å². The van der Waals surface area contributed by atoms with Gasteiger partial charge >= 0.3 is 0 Å². The van der Waals surface area contributed by atoms with E-state index in [1.165, 1.54) is 0 Å². The molecule has 0 aliphatic rings. The van der Waals surface area contributed by atoms with Crippen LogP contribution in [0.5, 0.6) is 0 Å². The fourth-order valence-electron chi connectivity index (χ4n) is 1.49. The number of hydrogen-bond acceptors (Lipinski definition) is 2. The smallest absolute Gasteiger partial charge is 0.144 e. The van der Waals surface area contributed by atoms with Crippen molar-refractivity contribution in [3.05, 3.63) is 58.5 Å². The lowest BCUT2D eigenvalue weighted by Crippen LogP contribution is -2.21. The van der Waals surface area contributed by atoms with Gasteiger partial charge in [-0.15, -0.1) is 0 Å². The topological polar surface area (TPSA) is 33.4 Å². The summed E-state index contributed by atoms with van der Waals surface area (Å²) in [6.45, 7) is 1.72. The lowest BCUT2D eigenvalue weighted by Gasteiger charge is -2.21. The number of rotatable bonds is 2. The Labute approximate surface area is 96.7 Å². The first kappa shape index (κ1) is 10.5. The Morgan fingerprint density at radius 2 is 2.07 bits per heavy atom. The second kappa shape index (κ2) is 3.83. The molecular formula is C12H11BrO2. The highest BCUT2D eigenvalue weighted by atomic mass is 79.9. The maximum Gasteiger partial charge on any atom is 0.144 e. The van der Waals surface area contributed by atoms with Crippen molar-refractivity contribution in [2.75, 3.05) is 0 Å². The van der Waals surface area contributed by atoms with Crippen molar-refractivity contribution in [3.63, 3.8) is 0 Å². The molecule has 2 aromatic rings. The second-order valence-corrected chi connectivity index (χ2v) is 4.48. The standard InChI is InChI=1S/C12H11BrO2/c1-12(14,11-6-3-7-15-11)9-4-2-5-10(13)8-9/h2-8,14H,1H3. The van der Waals surface area contributed by atoms with Crippen LogP contribution in [0.4, 0.5) is 0 Å². The molecule has 1 N–H and O–H groups in total. The molecule has 2 rings (SSSR count). The SMILES string of the molecule is CC(O)(c1cccc(Br)c1)c1ccco1. The van der Waals surface area contributed by atoms with Gasteiger partial charge in [-0.25, -0.2) is 0 Å². The predicted octanol–water partition coefficient (Wildman–Crippen LogP) is 3.30. The average molecular weight is 267 g/mol. The minimum atomic E-state index is -1.09. The van der Waals surface area contributed by atoms with Crippen molar-refractivity contribution in [1.82, 2.24) is 0 Å². The van der Waals surface area contributed by atoms with Crippen LogP contribution in [0, 0.1) is 0 Å². The third kappa shape index (κ3) is 1.98. The summed E-state index contributed by atoms with van der Waals surface area (Å²) in [7, 11) is 0. The number of hydrogen-bond donors (Lipinski definition) is 1. The molecule has 1 unspecified atom stereocenters. The maximum absolute atomic E-state index is 10.4. The van der Waals surface area contributed by atoms with Crippen molar-refractivity contribution in [2.24, 2.45) is 0 Å². The third-order valence-corrected chi connectivity index (χ3v) is 2.88. The molecular weight excluding hydrogens is 256 g/mol. The molecule has 0 radical (unpaired) electrons. The normalized spacial score (nSPS) is 14.9. The number of furan rings is 1. The molecule has 0 saturated heterocycles. The lowest BCUT2D eigenvalue weighted by molar-refractivity contribution is 0.0767. The summed E-state index contributed by atoms with van der Waals surface area (Å²) < 4.78 is 6.16. The van der Waals surface area contributed by atoms with Crippen LogP contribution in [0.15, 0.2) is 51.6 Å². The van der Waals surface area contributed by atoms with Crippen LogP contribution in [0.1, 0.15) is 18.2 Å². The molecule has 0 bridgehead atoms. The Balaban J connectivity index is 2.46. The van der Waals surface area contributed by atoms with Gasteiger partial charge in [0.25, 0.3) is 0 Å². The van der Waals surface area contributed by atoms with Crippen LogP contribution in [-0.4, -0.2) is 5.11 Å². The van der Waals surface area contributed by atoms with Gasteiger partial charge < -0.3 is 9.52 Å². The molecule has 0 fully saturated rings. The summed E-state index contributed by atoms with van der Waals surface area (Å²) in [6, 6.07) is 11.1. The van der Waals surface area contributed by atoms with E-state index in [4.69, 9.17) is 4.42 Å². The molecule has 1 atom stereocenters. The first-order chi connectivity index (χ1) is 7.10. The number of aliphatic hydroxyl groups is 1. The monoisotopic (exact) mass is 266 g/mol. The van der Waals surface area contributed by atoms with Crippen LogP contribution < -0.4 is 0 Å². The summed E-state index contributed by atoms with van der Waals surface area (Å²) in [5, 5.41) is 10.4. The van der Waals surface area contributed by atoms with Gasteiger partial charge in [0.1, 0.15) is 11.4 Å². The molecule has 0 amide bonds. The minimum Gasteiger partial charge on any atom is -0.466 e. The average Bonchev–Trinajstić information content (AvgIpc) is 2.71. The van der Waals surface area contributed by atoms with E-state index in [0.29, 0.717) is 5.76 Å². The summed E-state index contributed by atoms with van der Waals surface area (Å²) in [4.78, 5) is 0. The third-order valence-electron chi connectivity index (χ3n) is 2.39. The first-order valence-electron chi connectivity index (χ1n) is 4.63. The van der Waals surface area contributed by atoms with Gasteiger partial charge in [0.15, 0.2) is 0 Å². The molecule has 0 aliphatic heterocycles. The van der Waals surface area contributed by atoms with Crippen molar-refractivity contribution < 1.29 is 9.52 Å². The zero-order valence-corrected chi connectivity index (χ0v) is 9.86. The molecule has 2 nitrogen and oxygen atoms in total. The zero-order chi connectivity index (χ0) is 10.9. The fourth-order valence-corrected chi connectivity index (χ4v) is 1.89. The largest absolute Gasteiger partial charge is 0.466 e. The molecule has 15 heavy (non-hydrogen) atoms. The van der Waals surface area contributed by atoms with Gasteiger partial charge in [0, 0.05) is 4.47 Å². The van der Waals surface area contributed by atoms with E-state index in [9.17, 15) is 5.11 Å². The van der Waals surface area contributed by atoms with Crippen LogP contribution in [-0.2, 0) is 5.60 Å². The van der Waals surface area contributed by atoms with E-state index in [0.717, 1.165) is 10.0 Å². The molecule has 1 heterocycles. The Morgan fingerprint density at radius 1 is 1.27 bits per heavy atom. The molecule has 1 aromatic heterocycles. The zero-order valence-electron chi connectivity index (χ0n) is 8.27. The molecule has 3 heteroatoms. The Bertz CT molecular complexity index is 446. The predicted molar refractivity (Wildman–Crippen MR) is 61.5 cm³/mol. The Kier molecular flexibility index (Phi) is 2.67. The van der Waals surface area contributed by atoms with Gasteiger partial charge in [-0.3, -0.25) is 0 Å². The Morgan fingerprint density at radius 3 is 2.67 bits per heavy atom. The molecule has 0 spiro atoms. The molecule has 0 aliphatic carbocycles. The maximum atomic E-state index is 10.4. The van der Waals surface area contributed by atoms with E-state index in [-0.39, 0.29) is 0 Å². The highest BCUT2D eigenvalue weighted by molar-refractivity contribution is 9.10. The van der Waals surface area contributed by atoms with Crippen LogP contribution in [0.2, 0.25) is 0 Å². The van der Waals surface area contributed by atoms with Crippen LogP contribution in [0.3, 0.4) is 0 Å². The number of halogens is 1. The van der Waals surface area contributed by atoms with Crippen molar-refractivity contribution in [2.45, 2.75) is 12.5 Å². The van der Waals surface area contributed by atoms with E-state index < -0.39 is 5.60 Å². The van der Waals surface area contributed by atoms with Crippen molar-refractivity contribution in [1.29, 1.82) is 0 Å². The van der Waals surface area contributed by atoms with Gasteiger partial charge in [-0.05, 0) is 36.8 Å². The van der Waals surface area contributed by atoms with Gasteiger partial charge in [0.2, 0.25) is 0 Å². The van der Waals surface area contributed by atoms with E-state index >= 15 is 0 Å². The second-order valence-electron chi connectivity index (χ2n) is 3.56. The quantitative estimate of drug-likeness (QED) is 0.905. The minimum absolute atomic E-state index is 0.542. The fraction of sp³-hybridized carbons (Fsp3) is 0.167. The van der Waals surface area contributed by atoms with E-state index in [1.807, 2.05) is 24.3 Å².